The van der Waals surface area contributed by atoms with E-state index in [1.807, 2.05) is 31.2 Å². The highest BCUT2D eigenvalue weighted by Gasteiger charge is 2.00. The normalized spacial score (nSPS) is 10.1. The second kappa shape index (κ2) is 7.30. The highest BCUT2D eigenvalue weighted by atomic mass is 32.2. The van der Waals surface area contributed by atoms with Crippen LogP contribution in [0.5, 0.6) is 0 Å². The van der Waals surface area contributed by atoms with Crippen LogP contribution in [-0.4, -0.2) is 23.3 Å². The van der Waals surface area contributed by atoms with Crippen LogP contribution in [0.4, 0.5) is 0 Å². The first-order valence-electron chi connectivity index (χ1n) is 5.35. The molecule has 0 spiro atoms. The molecular formula is C12H17NO2S. The summed E-state index contributed by atoms with van der Waals surface area (Å²) in [5.41, 5.74) is 0.906. The number of nitrogens with one attached hydrogen (secondary N) is 1. The average Bonchev–Trinajstić information content (AvgIpc) is 2.30. The Morgan fingerprint density at radius 3 is 3.00 bits per heavy atom. The van der Waals surface area contributed by atoms with Gasteiger partial charge in [-0.25, -0.2) is 0 Å². The van der Waals surface area contributed by atoms with Crippen LogP contribution >= 0.6 is 11.8 Å². The molecule has 1 aromatic rings. The molecule has 0 bridgehead atoms. The molecular weight excluding hydrogens is 222 g/mol. The van der Waals surface area contributed by atoms with Gasteiger partial charge < -0.3 is 10.4 Å². The van der Waals surface area contributed by atoms with Gasteiger partial charge in [-0.3, -0.25) is 4.79 Å². The van der Waals surface area contributed by atoms with Crippen LogP contribution in [0.3, 0.4) is 0 Å². The molecule has 0 fully saturated rings. The quantitative estimate of drug-likeness (QED) is 0.744. The van der Waals surface area contributed by atoms with Gasteiger partial charge in [-0.1, -0.05) is 12.1 Å². The number of hydrogen-bond acceptors (Lipinski definition) is 3. The molecule has 16 heavy (non-hydrogen) atoms. The van der Waals surface area contributed by atoms with Gasteiger partial charge in [-0.05, 0) is 24.6 Å². The third-order valence-electron chi connectivity index (χ3n) is 2.05. The Morgan fingerprint density at radius 1 is 1.50 bits per heavy atom. The first-order valence-corrected chi connectivity index (χ1v) is 6.34. The van der Waals surface area contributed by atoms with Crippen LogP contribution in [0, 0.1) is 0 Å². The molecule has 0 saturated heterocycles. The third-order valence-corrected chi connectivity index (χ3v) is 3.05. The summed E-state index contributed by atoms with van der Waals surface area (Å²) in [5, 5.41) is 11.7. The van der Waals surface area contributed by atoms with E-state index in [0.717, 1.165) is 16.2 Å². The van der Waals surface area contributed by atoms with E-state index in [1.54, 1.807) is 11.8 Å². The lowest BCUT2D eigenvalue weighted by molar-refractivity contribution is -0.120. The van der Waals surface area contributed by atoms with E-state index in [2.05, 4.69) is 5.32 Å². The van der Waals surface area contributed by atoms with Crippen molar-refractivity contribution in [1.82, 2.24) is 5.32 Å². The van der Waals surface area contributed by atoms with Gasteiger partial charge in [0.2, 0.25) is 5.91 Å². The van der Waals surface area contributed by atoms with E-state index >= 15 is 0 Å². The molecule has 0 unspecified atom stereocenters. The van der Waals surface area contributed by atoms with Gasteiger partial charge in [0.25, 0.3) is 0 Å². The summed E-state index contributed by atoms with van der Waals surface area (Å²) in [6.07, 6.45) is 0.530. The van der Waals surface area contributed by atoms with E-state index in [0.29, 0.717) is 13.0 Å². The van der Waals surface area contributed by atoms with E-state index in [-0.39, 0.29) is 12.5 Å². The van der Waals surface area contributed by atoms with Crippen molar-refractivity contribution in [2.75, 3.05) is 12.3 Å². The molecule has 3 nitrogen and oxygen atoms in total. The number of aliphatic hydroxyl groups is 1. The summed E-state index contributed by atoms with van der Waals surface area (Å²) in [5.74, 6) is 0.856. The summed E-state index contributed by atoms with van der Waals surface area (Å²) < 4.78 is 0. The molecule has 1 amide bonds. The average molecular weight is 239 g/mol. The summed E-state index contributed by atoms with van der Waals surface area (Å²) in [6.45, 7) is 2.66. The Hall–Kier alpha value is -1.00. The minimum Gasteiger partial charge on any atom is -0.392 e. The maximum absolute atomic E-state index is 11.2. The van der Waals surface area contributed by atoms with Crippen molar-refractivity contribution in [2.45, 2.75) is 24.8 Å². The Kier molecular flexibility index (Phi) is 5.96. The van der Waals surface area contributed by atoms with Gasteiger partial charge in [-0.2, -0.15) is 0 Å². The van der Waals surface area contributed by atoms with Crippen molar-refractivity contribution in [1.29, 1.82) is 0 Å². The molecule has 1 aromatic carbocycles. The Bertz CT molecular complexity index is 342. The molecule has 0 aliphatic heterocycles. The molecule has 1 rings (SSSR count). The maximum Gasteiger partial charge on any atom is 0.220 e. The Morgan fingerprint density at radius 2 is 2.31 bits per heavy atom. The number of thioether (sulfide) groups is 1. The largest absolute Gasteiger partial charge is 0.392 e. The van der Waals surface area contributed by atoms with Crippen molar-refractivity contribution in [2.24, 2.45) is 0 Å². The second-order valence-electron chi connectivity index (χ2n) is 3.36. The third kappa shape index (κ3) is 4.68. The smallest absolute Gasteiger partial charge is 0.220 e. The molecule has 0 aliphatic rings. The first-order chi connectivity index (χ1) is 7.76. The van der Waals surface area contributed by atoms with Gasteiger partial charge >= 0.3 is 0 Å². The molecule has 2 N–H and O–H groups in total. The Labute approximate surface area is 100 Å². The zero-order chi connectivity index (χ0) is 11.8. The molecule has 0 saturated carbocycles. The van der Waals surface area contributed by atoms with Crippen LogP contribution in [0.25, 0.3) is 0 Å². The second-order valence-corrected chi connectivity index (χ2v) is 4.53. The SMILES string of the molecule is CCNC(=O)CCSc1cccc(CO)c1. The standard InChI is InChI=1S/C12H17NO2S/c1-2-13-12(15)6-7-16-11-5-3-4-10(8-11)9-14/h3-5,8,14H,2,6-7,9H2,1H3,(H,13,15). The summed E-state index contributed by atoms with van der Waals surface area (Å²) >= 11 is 1.63. The van der Waals surface area contributed by atoms with Crippen molar-refractivity contribution in [3.8, 4) is 0 Å². The van der Waals surface area contributed by atoms with Gasteiger partial charge in [0.05, 0.1) is 6.61 Å². The van der Waals surface area contributed by atoms with Gasteiger partial charge in [-0.15, -0.1) is 11.8 Å². The number of amides is 1. The van der Waals surface area contributed by atoms with Crippen LogP contribution < -0.4 is 5.32 Å². The summed E-state index contributed by atoms with van der Waals surface area (Å²) in [4.78, 5) is 12.3. The number of carbonyl (C=O) groups excluding carboxylic acids is 1. The fraction of sp³-hybridized carbons (Fsp3) is 0.417. The first kappa shape index (κ1) is 13.1. The van der Waals surface area contributed by atoms with E-state index in [4.69, 9.17) is 5.11 Å². The number of benzene rings is 1. The predicted octanol–water partition coefficient (Wildman–Crippen LogP) is 1.80. The Balaban J connectivity index is 2.34. The summed E-state index contributed by atoms with van der Waals surface area (Å²) in [6, 6.07) is 7.73. The fourth-order valence-electron chi connectivity index (χ4n) is 1.28. The van der Waals surface area contributed by atoms with E-state index in [1.165, 1.54) is 0 Å². The lowest BCUT2D eigenvalue weighted by Gasteiger charge is -2.04. The predicted molar refractivity (Wildman–Crippen MR) is 66.4 cm³/mol. The van der Waals surface area contributed by atoms with Crippen LogP contribution in [0.15, 0.2) is 29.2 Å². The molecule has 0 radical (unpaired) electrons. The highest BCUT2D eigenvalue weighted by Crippen LogP contribution is 2.19. The zero-order valence-electron chi connectivity index (χ0n) is 9.40. The van der Waals surface area contributed by atoms with Crippen molar-refractivity contribution in [3.05, 3.63) is 29.8 Å². The lowest BCUT2D eigenvalue weighted by atomic mass is 10.2. The molecule has 4 heteroatoms. The molecule has 0 heterocycles. The maximum atomic E-state index is 11.2. The number of aliphatic hydroxyl groups excluding tert-OH is 1. The molecule has 0 atom stereocenters. The topological polar surface area (TPSA) is 49.3 Å². The molecule has 0 aliphatic carbocycles. The molecule has 0 aromatic heterocycles. The lowest BCUT2D eigenvalue weighted by Crippen LogP contribution is -2.22. The number of rotatable bonds is 6. The van der Waals surface area contributed by atoms with Crippen molar-refractivity contribution < 1.29 is 9.90 Å². The minimum atomic E-state index is 0.0602. The van der Waals surface area contributed by atoms with Gasteiger partial charge in [0.15, 0.2) is 0 Å². The van der Waals surface area contributed by atoms with E-state index in [9.17, 15) is 4.79 Å². The minimum absolute atomic E-state index is 0.0602. The monoisotopic (exact) mass is 239 g/mol. The zero-order valence-corrected chi connectivity index (χ0v) is 10.2. The van der Waals surface area contributed by atoms with Crippen LogP contribution in [0.1, 0.15) is 18.9 Å². The number of carbonyl (C=O) groups is 1. The summed E-state index contributed by atoms with van der Waals surface area (Å²) in [7, 11) is 0. The fourth-order valence-corrected chi connectivity index (χ4v) is 2.21. The van der Waals surface area contributed by atoms with Crippen LogP contribution in [-0.2, 0) is 11.4 Å². The number of hydrogen-bond donors (Lipinski definition) is 2. The highest BCUT2D eigenvalue weighted by molar-refractivity contribution is 7.99. The van der Waals surface area contributed by atoms with Crippen molar-refractivity contribution in [3.63, 3.8) is 0 Å². The molecule has 88 valence electrons. The van der Waals surface area contributed by atoms with Crippen molar-refractivity contribution >= 4 is 17.7 Å². The van der Waals surface area contributed by atoms with Crippen LogP contribution in [0.2, 0.25) is 0 Å². The van der Waals surface area contributed by atoms with E-state index < -0.39 is 0 Å². The van der Waals surface area contributed by atoms with Gasteiger partial charge in [0.1, 0.15) is 0 Å². The van der Waals surface area contributed by atoms with Gasteiger partial charge in [0, 0.05) is 23.6 Å².